The first-order valence-electron chi connectivity index (χ1n) is 13.3. The van der Waals surface area contributed by atoms with Crippen molar-refractivity contribution >= 4 is 29.1 Å². The van der Waals surface area contributed by atoms with Gasteiger partial charge >= 0.3 is 0 Å². The minimum Gasteiger partial charge on any atom is -0.493 e. The Kier molecular flexibility index (Phi) is 5.77. The minimum atomic E-state index is -1.63. The molecule has 0 N–H and O–H groups in total. The van der Waals surface area contributed by atoms with E-state index < -0.39 is 34.6 Å². The van der Waals surface area contributed by atoms with Crippen molar-refractivity contribution in [3.63, 3.8) is 0 Å². The van der Waals surface area contributed by atoms with Gasteiger partial charge in [0.1, 0.15) is 11.2 Å². The van der Waals surface area contributed by atoms with Crippen LogP contribution in [0.4, 0.5) is 10.1 Å². The third kappa shape index (κ3) is 3.36. The number of carbonyl (C=O) groups is 3. The van der Waals surface area contributed by atoms with Gasteiger partial charge in [0, 0.05) is 33.7 Å². The van der Waals surface area contributed by atoms with Gasteiger partial charge in [-0.1, -0.05) is 63.3 Å². The van der Waals surface area contributed by atoms with Crippen molar-refractivity contribution in [1.29, 1.82) is 0 Å². The Bertz CT molecular complexity index is 1580. The molecule has 6 nitrogen and oxygen atoms in total. The van der Waals surface area contributed by atoms with Crippen LogP contribution in [0.5, 0.6) is 11.5 Å². The van der Waals surface area contributed by atoms with Gasteiger partial charge in [-0.05, 0) is 35.9 Å². The second-order valence-corrected chi connectivity index (χ2v) is 11.6. The fourth-order valence-corrected chi connectivity index (χ4v) is 6.81. The normalized spacial score (nSPS) is 22.2. The summed E-state index contributed by atoms with van der Waals surface area (Å²) in [7, 11) is 3.05. The summed E-state index contributed by atoms with van der Waals surface area (Å²) in [5.41, 5.74) is 0.0598. The highest BCUT2D eigenvalue weighted by Crippen LogP contribution is 2.61. The van der Waals surface area contributed by atoms with E-state index >= 15 is 0 Å². The summed E-state index contributed by atoms with van der Waals surface area (Å²) >= 11 is 0. The monoisotopic (exact) mass is 539 g/mol. The van der Waals surface area contributed by atoms with Crippen molar-refractivity contribution in [2.24, 2.45) is 10.8 Å². The van der Waals surface area contributed by atoms with Gasteiger partial charge in [-0.2, -0.15) is 0 Å². The van der Waals surface area contributed by atoms with Crippen LogP contribution in [-0.2, 0) is 4.79 Å². The van der Waals surface area contributed by atoms with Gasteiger partial charge in [-0.25, -0.2) is 4.39 Å². The zero-order chi connectivity index (χ0) is 28.6. The predicted molar refractivity (Wildman–Crippen MR) is 150 cm³/mol. The summed E-state index contributed by atoms with van der Waals surface area (Å²) in [4.78, 5) is 45.6. The maximum atomic E-state index is 14.6. The minimum absolute atomic E-state index is 0.128. The van der Waals surface area contributed by atoms with Gasteiger partial charge in [-0.15, -0.1) is 0 Å². The molecule has 0 bridgehead atoms. The van der Waals surface area contributed by atoms with Crippen molar-refractivity contribution in [2.75, 3.05) is 19.1 Å². The molecule has 7 heteroatoms. The van der Waals surface area contributed by atoms with Crippen molar-refractivity contribution in [3.05, 3.63) is 94.8 Å². The SMILES string of the molecule is COc1ccc([C@H]2[C@H](C(=O)C(C)(C)C)N3c4ccc(F)cc4C=C[C@@H]3C23C(=O)c2ccccc2C3=O)cc1OC. The molecule has 3 atom stereocenters. The molecule has 1 fully saturated rings. The highest BCUT2D eigenvalue weighted by molar-refractivity contribution is 6.32. The maximum Gasteiger partial charge on any atom is 0.180 e. The molecular formula is C33H30FNO5. The number of hydrogen-bond donors (Lipinski definition) is 0. The number of ether oxygens (including phenoxy) is 2. The Morgan fingerprint density at radius 2 is 1.55 bits per heavy atom. The molecule has 2 heterocycles. The number of Topliss-reactive ketones (excluding diaryl/α,β-unsaturated/α-hetero) is 3. The molecule has 0 unspecified atom stereocenters. The lowest BCUT2D eigenvalue weighted by Crippen LogP contribution is -2.49. The number of methoxy groups -OCH3 is 2. The summed E-state index contributed by atoms with van der Waals surface area (Å²) in [6, 6.07) is 14.8. The van der Waals surface area contributed by atoms with Gasteiger partial charge < -0.3 is 14.4 Å². The van der Waals surface area contributed by atoms with Crippen LogP contribution >= 0.6 is 0 Å². The van der Waals surface area contributed by atoms with Gasteiger partial charge in [0.15, 0.2) is 28.8 Å². The fourth-order valence-electron chi connectivity index (χ4n) is 6.81. The predicted octanol–water partition coefficient (Wildman–Crippen LogP) is 5.89. The second-order valence-electron chi connectivity index (χ2n) is 11.6. The lowest BCUT2D eigenvalue weighted by molar-refractivity contribution is -0.127. The van der Waals surface area contributed by atoms with Crippen molar-refractivity contribution < 1.29 is 28.2 Å². The molecule has 3 aromatic rings. The quantitative estimate of drug-likeness (QED) is 0.385. The molecular weight excluding hydrogens is 509 g/mol. The molecule has 1 spiro atoms. The molecule has 204 valence electrons. The molecule has 6 rings (SSSR count). The van der Waals surface area contributed by atoms with Crippen LogP contribution in [0.25, 0.3) is 6.08 Å². The van der Waals surface area contributed by atoms with E-state index in [1.165, 1.54) is 26.4 Å². The van der Waals surface area contributed by atoms with Crippen LogP contribution in [-0.4, -0.2) is 43.7 Å². The summed E-state index contributed by atoms with van der Waals surface area (Å²) in [5, 5.41) is 0. The van der Waals surface area contributed by atoms with Gasteiger partial charge in [-0.3, -0.25) is 14.4 Å². The zero-order valence-corrected chi connectivity index (χ0v) is 23.0. The molecule has 0 radical (unpaired) electrons. The average molecular weight is 540 g/mol. The summed E-state index contributed by atoms with van der Waals surface area (Å²) < 4.78 is 25.4. The van der Waals surface area contributed by atoms with E-state index in [0.717, 1.165) is 0 Å². The molecule has 2 aliphatic heterocycles. The van der Waals surface area contributed by atoms with Gasteiger partial charge in [0.2, 0.25) is 0 Å². The molecule has 0 aromatic heterocycles. The maximum absolute atomic E-state index is 14.6. The number of nitrogens with zero attached hydrogens (tertiary/aromatic N) is 1. The van der Waals surface area contributed by atoms with E-state index in [9.17, 15) is 18.8 Å². The number of ketones is 3. The standard InChI is InChI=1S/C33H30FNO5/c1-32(2,3)31(38)28-27(19-10-14-24(39-4)25(17-19)40-5)33(29(36)21-8-6-7-9-22(21)30(33)37)26-15-11-18-16-20(34)12-13-23(18)35(26)28/h6-17,26-28H,1-5H3/t26-,27+,28-/m1/s1. The first kappa shape index (κ1) is 26.0. The Labute approximate surface area is 232 Å². The third-order valence-corrected chi connectivity index (χ3v) is 8.54. The number of halogens is 1. The van der Waals surface area contributed by atoms with Gasteiger partial charge in [0.25, 0.3) is 0 Å². The Morgan fingerprint density at radius 3 is 2.15 bits per heavy atom. The highest BCUT2D eigenvalue weighted by Gasteiger charge is 2.72. The Morgan fingerprint density at radius 1 is 0.900 bits per heavy atom. The van der Waals surface area contributed by atoms with Crippen LogP contribution in [0.15, 0.2) is 66.7 Å². The van der Waals surface area contributed by atoms with Crippen molar-refractivity contribution in [2.45, 2.75) is 38.8 Å². The number of hydrogen-bond acceptors (Lipinski definition) is 6. The third-order valence-electron chi connectivity index (χ3n) is 8.54. The molecule has 3 aliphatic rings. The topological polar surface area (TPSA) is 72.9 Å². The number of anilines is 1. The molecule has 1 aliphatic carbocycles. The van der Waals surface area contributed by atoms with Crippen LogP contribution in [0.1, 0.15) is 58.5 Å². The van der Waals surface area contributed by atoms with E-state index in [4.69, 9.17) is 9.47 Å². The average Bonchev–Trinajstić information content (AvgIpc) is 3.37. The van der Waals surface area contributed by atoms with E-state index in [1.807, 2.05) is 25.7 Å². The Balaban J connectivity index is 1.70. The summed E-state index contributed by atoms with van der Waals surface area (Å²) in [6.07, 6.45) is 3.54. The second kappa shape index (κ2) is 8.88. The largest absolute Gasteiger partial charge is 0.493 e. The van der Waals surface area contributed by atoms with E-state index in [0.29, 0.717) is 39.4 Å². The first-order chi connectivity index (χ1) is 19.0. The van der Waals surface area contributed by atoms with Crippen LogP contribution in [0.3, 0.4) is 0 Å². The smallest absolute Gasteiger partial charge is 0.180 e. The highest BCUT2D eigenvalue weighted by atomic mass is 19.1. The molecule has 0 amide bonds. The van der Waals surface area contributed by atoms with E-state index in [2.05, 4.69) is 0 Å². The van der Waals surface area contributed by atoms with Crippen LogP contribution < -0.4 is 14.4 Å². The molecule has 1 saturated heterocycles. The lowest BCUT2D eigenvalue weighted by Gasteiger charge is -2.38. The van der Waals surface area contributed by atoms with Crippen LogP contribution in [0.2, 0.25) is 0 Å². The number of benzene rings is 3. The van der Waals surface area contributed by atoms with Crippen LogP contribution in [0, 0.1) is 16.6 Å². The first-order valence-corrected chi connectivity index (χ1v) is 13.3. The fraction of sp³-hybridized carbons (Fsp3) is 0.303. The lowest BCUT2D eigenvalue weighted by atomic mass is 9.63. The Hall–Kier alpha value is -4.26. The van der Waals surface area contributed by atoms with Gasteiger partial charge in [0.05, 0.1) is 26.3 Å². The molecule has 3 aromatic carbocycles. The number of carbonyl (C=O) groups excluding carboxylic acids is 3. The zero-order valence-electron chi connectivity index (χ0n) is 23.0. The van der Waals surface area contributed by atoms with E-state index in [1.54, 1.807) is 60.7 Å². The molecule has 40 heavy (non-hydrogen) atoms. The van der Waals surface area contributed by atoms with Crippen molar-refractivity contribution in [3.8, 4) is 11.5 Å². The van der Waals surface area contributed by atoms with Crippen molar-refractivity contribution in [1.82, 2.24) is 0 Å². The van der Waals surface area contributed by atoms with E-state index in [-0.39, 0.29) is 17.3 Å². The number of fused-ring (bicyclic) bond motifs is 5. The summed E-state index contributed by atoms with van der Waals surface area (Å²) in [5.74, 6) is -1.12. The molecule has 0 saturated carbocycles. The number of rotatable bonds is 4. The summed E-state index contributed by atoms with van der Waals surface area (Å²) in [6.45, 7) is 5.50.